The summed E-state index contributed by atoms with van der Waals surface area (Å²) in [7, 11) is -1.84. The van der Waals surface area contributed by atoms with Crippen molar-refractivity contribution in [1.82, 2.24) is 4.31 Å². The van der Waals surface area contributed by atoms with E-state index in [0.717, 1.165) is 18.2 Å². The minimum Gasteiger partial charge on any atom is -0.482 e. The van der Waals surface area contributed by atoms with Gasteiger partial charge in [-0.2, -0.15) is 0 Å². The standard InChI is InChI=1S/C10H18N2O3S.ClH/c1-4-9(11)8-5-6-12(16(3,13)14)10(7-8)15-2;/h5,7,9H,4,6,11H2,1-3H3;1H/t9-;/m0./s1. The fraction of sp³-hybridized carbons (Fsp3) is 0.600. The average molecular weight is 283 g/mol. The van der Waals surface area contributed by atoms with Crippen molar-refractivity contribution < 1.29 is 13.2 Å². The molecule has 0 aromatic heterocycles. The third kappa shape index (κ3) is 3.90. The number of hydrogen-bond acceptors (Lipinski definition) is 4. The van der Waals surface area contributed by atoms with Crippen LogP contribution < -0.4 is 5.73 Å². The van der Waals surface area contributed by atoms with Crippen molar-refractivity contribution in [2.75, 3.05) is 19.9 Å². The Morgan fingerprint density at radius 2 is 2.18 bits per heavy atom. The quantitative estimate of drug-likeness (QED) is 0.829. The molecule has 1 atom stereocenters. The maximum Gasteiger partial charge on any atom is 0.234 e. The molecule has 7 heteroatoms. The molecule has 1 heterocycles. The van der Waals surface area contributed by atoms with Crippen molar-refractivity contribution >= 4 is 22.4 Å². The van der Waals surface area contributed by atoms with Gasteiger partial charge in [0, 0.05) is 12.1 Å². The topological polar surface area (TPSA) is 72.6 Å². The smallest absolute Gasteiger partial charge is 0.234 e. The van der Waals surface area contributed by atoms with Crippen LogP contribution in [0.15, 0.2) is 23.6 Å². The highest BCUT2D eigenvalue weighted by molar-refractivity contribution is 7.88. The summed E-state index contributed by atoms with van der Waals surface area (Å²) < 4.78 is 29.2. The van der Waals surface area contributed by atoms with E-state index in [1.807, 2.05) is 13.0 Å². The van der Waals surface area contributed by atoms with Crippen molar-refractivity contribution in [2.24, 2.45) is 5.73 Å². The summed E-state index contributed by atoms with van der Waals surface area (Å²) in [4.78, 5) is 0. The lowest BCUT2D eigenvalue weighted by Gasteiger charge is -2.27. The van der Waals surface area contributed by atoms with Crippen LogP contribution >= 0.6 is 12.4 Å². The van der Waals surface area contributed by atoms with Crippen LogP contribution in [0.25, 0.3) is 0 Å². The third-order valence-electron chi connectivity index (χ3n) is 2.51. The van der Waals surface area contributed by atoms with Gasteiger partial charge < -0.3 is 10.5 Å². The second kappa shape index (κ2) is 6.28. The molecule has 0 fully saturated rings. The highest BCUT2D eigenvalue weighted by Crippen LogP contribution is 2.20. The molecule has 0 unspecified atom stereocenters. The van der Waals surface area contributed by atoms with E-state index in [9.17, 15) is 8.42 Å². The van der Waals surface area contributed by atoms with Crippen molar-refractivity contribution in [2.45, 2.75) is 19.4 Å². The summed E-state index contributed by atoms with van der Waals surface area (Å²) in [5.74, 6) is 0.323. The second-order valence-electron chi connectivity index (χ2n) is 3.70. The molecule has 0 saturated carbocycles. The highest BCUT2D eigenvalue weighted by Gasteiger charge is 2.24. The van der Waals surface area contributed by atoms with Crippen LogP contribution in [0.3, 0.4) is 0 Å². The van der Waals surface area contributed by atoms with Gasteiger partial charge in [-0.25, -0.2) is 12.7 Å². The molecule has 17 heavy (non-hydrogen) atoms. The van der Waals surface area contributed by atoms with Gasteiger partial charge in [-0.1, -0.05) is 13.0 Å². The lowest BCUT2D eigenvalue weighted by atomic mass is 10.0. The Balaban J connectivity index is 0.00000256. The number of hydrogen-bond donors (Lipinski definition) is 1. The van der Waals surface area contributed by atoms with Crippen molar-refractivity contribution in [1.29, 1.82) is 0 Å². The second-order valence-corrected chi connectivity index (χ2v) is 5.61. The van der Waals surface area contributed by atoms with E-state index < -0.39 is 10.0 Å². The summed E-state index contributed by atoms with van der Waals surface area (Å²) >= 11 is 0. The molecule has 0 spiro atoms. The van der Waals surface area contributed by atoms with Gasteiger partial charge in [0.15, 0.2) is 0 Å². The Kier molecular flexibility index (Phi) is 6.01. The number of sulfonamides is 1. The van der Waals surface area contributed by atoms with Gasteiger partial charge in [-0.15, -0.1) is 12.4 Å². The first-order valence-electron chi connectivity index (χ1n) is 5.09. The lowest BCUT2D eigenvalue weighted by molar-refractivity contribution is 0.213. The lowest BCUT2D eigenvalue weighted by Crippen LogP contribution is -2.34. The Bertz CT molecular complexity index is 417. The van der Waals surface area contributed by atoms with Crippen LogP contribution in [0, 0.1) is 0 Å². The molecule has 0 aromatic carbocycles. The SMILES string of the molecule is CC[C@H](N)C1=CCN(S(C)(=O)=O)C(OC)=C1.Cl. The average Bonchev–Trinajstić information content (AvgIpc) is 2.25. The maximum absolute atomic E-state index is 11.4. The van der Waals surface area contributed by atoms with E-state index in [-0.39, 0.29) is 25.0 Å². The van der Waals surface area contributed by atoms with E-state index in [1.165, 1.54) is 11.4 Å². The van der Waals surface area contributed by atoms with Crippen molar-refractivity contribution in [3.8, 4) is 0 Å². The van der Waals surface area contributed by atoms with Crippen LogP contribution in [0.4, 0.5) is 0 Å². The summed E-state index contributed by atoms with van der Waals surface area (Å²) in [6.45, 7) is 2.26. The molecular weight excluding hydrogens is 264 g/mol. The van der Waals surface area contributed by atoms with Crippen molar-refractivity contribution in [3.63, 3.8) is 0 Å². The molecule has 1 aliphatic rings. The molecule has 0 amide bonds. The van der Waals surface area contributed by atoms with Gasteiger partial charge in [0.05, 0.1) is 19.9 Å². The Hall–Kier alpha value is -0.720. The van der Waals surface area contributed by atoms with Gasteiger partial charge in [-0.05, 0) is 12.0 Å². The fourth-order valence-electron chi connectivity index (χ4n) is 1.51. The van der Waals surface area contributed by atoms with Crippen LogP contribution in [0.5, 0.6) is 0 Å². The van der Waals surface area contributed by atoms with Gasteiger partial charge in [-0.3, -0.25) is 0 Å². The van der Waals surface area contributed by atoms with E-state index in [1.54, 1.807) is 6.08 Å². The number of rotatable bonds is 4. The Morgan fingerprint density at radius 1 is 1.59 bits per heavy atom. The first kappa shape index (κ1) is 16.3. The van der Waals surface area contributed by atoms with E-state index >= 15 is 0 Å². The summed E-state index contributed by atoms with van der Waals surface area (Å²) in [6.07, 6.45) is 5.45. The van der Waals surface area contributed by atoms with Crippen LogP contribution in [0.2, 0.25) is 0 Å². The zero-order chi connectivity index (χ0) is 12.3. The fourth-order valence-corrected chi connectivity index (χ4v) is 2.30. The highest BCUT2D eigenvalue weighted by atomic mass is 35.5. The molecule has 0 radical (unpaired) electrons. The molecule has 2 N–H and O–H groups in total. The van der Waals surface area contributed by atoms with Crippen LogP contribution in [-0.2, 0) is 14.8 Å². The number of nitrogens with two attached hydrogens (primary N) is 1. The zero-order valence-corrected chi connectivity index (χ0v) is 11.8. The van der Waals surface area contributed by atoms with E-state index in [2.05, 4.69) is 0 Å². The first-order chi connectivity index (χ1) is 7.40. The molecule has 0 aliphatic carbocycles. The van der Waals surface area contributed by atoms with E-state index in [0.29, 0.717) is 5.88 Å². The van der Waals surface area contributed by atoms with Gasteiger partial charge in [0.25, 0.3) is 0 Å². The number of methoxy groups -OCH3 is 1. The Labute approximate surface area is 109 Å². The van der Waals surface area contributed by atoms with Gasteiger partial charge in [0.2, 0.25) is 15.9 Å². The Morgan fingerprint density at radius 3 is 2.59 bits per heavy atom. The predicted octanol–water partition coefficient (Wildman–Crippen LogP) is 0.835. The monoisotopic (exact) mass is 282 g/mol. The molecular formula is C10H19ClN2O3S. The molecule has 0 saturated heterocycles. The summed E-state index contributed by atoms with van der Waals surface area (Å²) in [6, 6.07) is -0.0770. The molecule has 100 valence electrons. The molecule has 1 rings (SSSR count). The first-order valence-corrected chi connectivity index (χ1v) is 6.94. The maximum atomic E-state index is 11.4. The molecule has 0 bridgehead atoms. The largest absolute Gasteiger partial charge is 0.482 e. The van der Waals surface area contributed by atoms with Crippen LogP contribution in [-0.4, -0.2) is 38.7 Å². The predicted molar refractivity (Wildman–Crippen MR) is 70.2 cm³/mol. The number of ether oxygens (including phenoxy) is 1. The molecule has 0 aromatic rings. The summed E-state index contributed by atoms with van der Waals surface area (Å²) in [5.41, 5.74) is 6.80. The normalized spacial score (nSPS) is 17.8. The third-order valence-corrected chi connectivity index (χ3v) is 3.64. The van der Waals surface area contributed by atoms with Gasteiger partial charge >= 0.3 is 0 Å². The minimum absolute atomic E-state index is 0. The van der Waals surface area contributed by atoms with E-state index in [4.69, 9.17) is 10.5 Å². The number of halogens is 1. The number of nitrogens with zero attached hydrogens (tertiary/aromatic N) is 1. The summed E-state index contributed by atoms with van der Waals surface area (Å²) in [5, 5.41) is 0. The van der Waals surface area contributed by atoms with Gasteiger partial charge in [0.1, 0.15) is 0 Å². The minimum atomic E-state index is -3.29. The van der Waals surface area contributed by atoms with Crippen molar-refractivity contribution in [3.05, 3.63) is 23.6 Å². The zero-order valence-electron chi connectivity index (χ0n) is 10.2. The van der Waals surface area contributed by atoms with Crippen LogP contribution in [0.1, 0.15) is 13.3 Å². The molecule has 5 nitrogen and oxygen atoms in total. The molecule has 1 aliphatic heterocycles.